The van der Waals surface area contributed by atoms with E-state index in [0.717, 1.165) is 24.0 Å². The number of hydrogen-bond acceptors (Lipinski definition) is 3. The summed E-state index contributed by atoms with van der Waals surface area (Å²) in [5.41, 5.74) is 1.96. The molecule has 0 amide bonds. The van der Waals surface area contributed by atoms with Crippen molar-refractivity contribution in [3.63, 3.8) is 0 Å². The van der Waals surface area contributed by atoms with E-state index >= 15 is 0 Å². The third kappa shape index (κ3) is 1.71. The van der Waals surface area contributed by atoms with Gasteiger partial charge in [0.1, 0.15) is 0 Å². The van der Waals surface area contributed by atoms with Gasteiger partial charge < -0.3 is 15.3 Å². The number of hydrogen-bond donors (Lipinski definition) is 3. The number of fused-ring (bicyclic) bond motifs is 1. The maximum Gasteiger partial charge on any atom is 0.202 e. The molecule has 5 rings (SSSR count). The average Bonchev–Trinajstić information content (AvgIpc) is 2.79. The molecule has 3 aliphatic rings. The summed E-state index contributed by atoms with van der Waals surface area (Å²) >= 11 is 11.9. The molecule has 1 aromatic carbocycles. The number of halogens is 2. The maximum absolute atomic E-state index is 10.6. The third-order valence-corrected chi connectivity index (χ3v) is 5.14. The molecule has 0 spiro atoms. The number of benzene rings is 1. The first-order chi connectivity index (χ1) is 10.5. The highest BCUT2D eigenvalue weighted by Gasteiger charge is 2.38. The van der Waals surface area contributed by atoms with Crippen LogP contribution in [0.4, 0.5) is 0 Å². The number of phenols is 1. The van der Waals surface area contributed by atoms with Crippen molar-refractivity contribution in [1.29, 1.82) is 0 Å². The standard InChI is InChI=1S/C16H13Cl2NO3/c17-10-5-9(6-11(18)14(10)20)19-15(21)12-7-1-2-8(4-3-7)13(12)16(19)22/h1-2,5-8,20-22H,3-4H2/t7-,8+. The normalized spacial score (nSPS) is 22.1. The summed E-state index contributed by atoms with van der Waals surface area (Å²) in [4.78, 5) is 0. The molecular formula is C16H13Cl2NO3. The lowest BCUT2D eigenvalue weighted by molar-refractivity contribution is 0.399. The minimum Gasteiger partial charge on any atom is -0.505 e. The highest BCUT2D eigenvalue weighted by Crippen LogP contribution is 2.54. The van der Waals surface area contributed by atoms with E-state index in [1.54, 1.807) is 0 Å². The van der Waals surface area contributed by atoms with Crippen LogP contribution < -0.4 is 0 Å². The number of rotatable bonds is 1. The topological polar surface area (TPSA) is 65.6 Å². The molecule has 2 bridgehead atoms. The zero-order valence-electron chi connectivity index (χ0n) is 11.4. The Bertz CT molecular complexity index is 765. The van der Waals surface area contributed by atoms with Crippen molar-refractivity contribution >= 4 is 23.2 Å². The first-order valence-corrected chi connectivity index (χ1v) is 7.77. The van der Waals surface area contributed by atoms with E-state index in [1.807, 2.05) is 0 Å². The van der Waals surface area contributed by atoms with Crippen molar-refractivity contribution in [3.8, 4) is 23.2 Å². The van der Waals surface area contributed by atoms with Crippen molar-refractivity contribution in [2.75, 3.05) is 0 Å². The molecule has 4 nitrogen and oxygen atoms in total. The van der Waals surface area contributed by atoms with Gasteiger partial charge in [0.2, 0.25) is 11.8 Å². The molecular weight excluding hydrogens is 325 g/mol. The van der Waals surface area contributed by atoms with Crippen LogP contribution in [0.2, 0.25) is 10.0 Å². The van der Waals surface area contributed by atoms with Crippen LogP contribution in [-0.4, -0.2) is 19.9 Å². The monoisotopic (exact) mass is 337 g/mol. The fourth-order valence-corrected chi connectivity index (χ4v) is 4.02. The summed E-state index contributed by atoms with van der Waals surface area (Å²) in [5, 5.41) is 31.0. The largest absolute Gasteiger partial charge is 0.505 e. The molecule has 3 aliphatic carbocycles. The second-order valence-electron chi connectivity index (χ2n) is 5.74. The summed E-state index contributed by atoms with van der Waals surface area (Å²) in [6.45, 7) is 0. The van der Waals surface area contributed by atoms with Crippen molar-refractivity contribution in [2.45, 2.75) is 24.7 Å². The molecule has 2 aromatic rings. The Morgan fingerprint density at radius 3 is 1.73 bits per heavy atom. The molecule has 114 valence electrons. The van der Waals surface area contributed by atoms with Crippen molar-refractivity contribution in [3.05, 3.63) is 45.5 Å². The molecule has 0 radical (unpaired) electrons. The van der Waals surface area contributed by atoms with Gasteiger partial charge in [-0.3, -0.25) is 4.57 Å². The van der Waals surface area contributed by atoms with Crippen molar-refractivity contribution < 1.29 is 15.3 Å². The van der Waals surface area contributed by atoms with Gasteiger partial charge in [0, 0.05) is 23.0 Å². The first kappa shape index (κ1) is 13.9. The molecule has 0 saturated heterocycles. The van der Waals surface area contributed by atoms with Gasteiger partial charge in [0.15, 0.2) is 5.75 Å². The van der Waals surface area contributed by atoms with E-state index < -0.39 is 0 Å². The zero-order valence-corrected chi connectivity index (χ0v) is 12.9. The van der Waals surface area contributed by atoms with Gasteiger partial charge in [-0.2, -0.15) is 0 Å². The lowest BCUT2D eigenvalue weighted by Crippen LogP contribution is -2.15. The number of phenolic OH excluding ortho intramolecular Hbond substituents is 1. The number of aromatic nitrogens is 1. The summed E-state index contributed by atoms with van der Waals surface area (Å²) in [7, 11) is 0. The lowest BCUT2D eigenvalue weighted by atomic mass is 9.73. The molecule has 3 N–H and O–H groups in total. The van der Waals surface area contributed by atoms with E-state index in [1.165, 1.54) is 16.7 Å². The van der Waals surface area contributed by atoms with Crippen LogP contribution in [0.5, 0.6) is 17.5 Å². The van der Waals surface area contributed by atoms with Crippen molar-refractivity contribution in [2.24, 2.45) is 0 Å². The van der Waals surface area contributed by atoms with Crippen LogP contribution >= 0.6 is 23.2 Å². The molecule has 1 aromatic heterocycles. The van der Waals surface area contributed by atoms with Gasteiger partial charge in [-0.15, -0.1) is 0 Å². The second-order valence-corrected chi connectivity index (χ2v) is 6.56. The van der Waals surface area contributed by atoms with Gasteiger partial charge in [-0.25, -0.2) is 0 Å². The fraction of sp³-hybridized carbons (Fsp3) is 0.250. The predicted molar refractivity (Wildman–Crippen MR) is 84.6 cm³/mol. The Hall–Kier alpha value is -1.78. The Kier molecular flexibility index (Phi) is 2.90. The Morgan fingerprint density at radius 2 is 1.32 bits per heavy atom. The highest BCUT2D eigenvalue weighted by molar-refractivity contribution is 6.37. The smallest absolute Gasteiger partial charge is 0.202 e. The summed E-state index contributed by atoms with van der Waals surface area (Å²) in [5.74, 6) is 0.0314. The summed E-state index contributed by atoms with van der Waals surface area (Å²) < 4.78 is 1.33. The second kappa shape index (κ2) is 4.61. The third-order valence-electron chi connectivity index (χ3n) is 4.56. The molecule has 1 heterocycles. The molecule has 2 atom stereocenters. The Morgan fingerprint density at radius 1 is 0.864 bits per heavy atom. The van der Waals surface area contributed by atoms with Gasteiger partial charge >= 0.3 is 0 Å². The SMILES string of the molecule is Oc1c(Cl)cc(-n2c(O)c3c(c2O)[C@H]2C=C[C@@H]3CC2)cc1Cl. The highest BCUT2D eigenvalue weighted by atomic mass is 35.5. The van der Waals surface area contributed by atoms with Gasteiger partial charge in [-0.1, -0.05) is 35.4 Å². The maximum atomic E-state index is 10.6. The molecule has 0 unspecified atom stereocenters. The number of nitrogens with zero attached hydrogens (tertiary/aromatic N) is 1. The van der Waals surface area contributed by atoms with Gasteiger partial charge in [-0.05, 0) is 25.0 Å². The average molecular weight is 338 g/mol. The molecule has 0 fully saturated rings. The van der Waals surface area contributed by atoms with Crippen molar-refractivity contribution in [1.82, 2.24) is 4.57 Å². The van der Waals surface area contributed by atoms with E-state index in [4.69, 9.17) is 23.2 Å². The van der Waals surface area contributed by atoms with E-state index in [0.29, 0.717) is 5.69 Å². The van der Waals surface area contributed by atoms with Gasteiger partial charge in [0.05, 0.1) is 15.7 Å². The Balaban J connectivity index is 1.97. The fourth-order valence-electron chi connectivity index (χ4n) is 3.54. The number of aromatic hydroxyl groups is 3. The van der Waals surface area contributed by atoms with E-state index in [-0.39, 0.29) is 39.4 Å². The summed E-state index contributed by atoms with van der Waals surface area (Å²) in [6, 6.07) is 2.92. The van der Waals surface area contributed by atoms with Crippen LogP contribution in [0.15, 0.2) is 24.3 Å². The number of allylic oxidation sites excluding steroid dienone is 2. The van der Waals surface area contributed by atoms with Crippen LogP contribution in [0.1, 0.15) is 35.8 Å². The predicted octanol–water partition coefficient (Wildman–Crippen LogP) is 4.43. The minimum atomic E-state index is -0.218. The lowest BCUT2D eigenvalue weighted by Gasteiger charge is -2.30. The summed E-state index contributed by atoms with van der Waals surface area (Å²) in [6.07, 6.45) is 6.08. The first-order valence-electron chi connectivity index (χ1n) is 7.02. The van der Waals surface area contributed by atoms with Crippen LogP contribution in [0.3, 0.4) is 0 Å². The zero-order chi connectivity index (χ0) is 15.6. The molecule has 0 saturated carbocycles. The van der Waals surface area contributed by atoms with Crippen LogP contribution in [0, 0.1) is 0 Å². The Labute approximate surface area is 136 Å². The minimum absolute atomic E-state index is 0.00405. The van der Waals surface area contributed by atoms with Crippen LogP contribution in [0.25, 0.3) is 5.69 Å². The van der Waals surface area contributed by atoms with Gasteiger partial charge in [0.25, 0.3) is 0 Å². The van der Waals surface area contributed by atoms with E-state index in [2.05, 4.69) is 12.2 Å². The molecule has 22 heavy (non-hydrogen) atoms. The quantitative estimate of drug-likeness (QED) is 0.674. The molecule has 0 aliphatic heterocycles. The van der Waals surface area contributed by atoms with E-state index in [9.17, 15) is 15.3 Å². The molecule has 6 heteroatoms. The van der Waals surface area contributed by atoms with Crippen LogP contribution in [-0.2, 0) is 0 Å².